The van der Waals surface area contributed by atoms with Crippen LogP contribution in [0.25, 0.3) is 0 Å². The molecule has 1 saturated heterocycles. The maximum atomic E-state index is 12.6. The molecule has 2 atom stereocenters. The highest BCUT2D eigenvalue weighted by molar-refractivity contribution is 5.77. The zero-order chi connectivity index (χ0) is 19.4. The Morgan fingerprint density at radius 3 is 2.59 bits per heavy atom. The van der Waals surface area contributed by atoms with E-state index < -0.39 is 5.60 Å². The summed E-state index contributed by atoms with van der Waals surface area (Å²) in [6.07, 6.45) is 0.921. The summed E-state index contributed by atoms with van der Waals surface area (Å²) in [6.45, 7) is 6.69. The second-order valence-electron chi connectivity index (χ2n) is 7.53. The smallest absolute Gasteiger partial charge is 0.316 e. The third kappa shape index (κ3) is 5.04. The van der Waals surface area contributed by atoms with Crippen LogP contribution in [-0.2, 0) is 4.79 Å². The molecule has 0 aliphatic carbocycles. The molecule has 1 amide bonds. The lowest BCUT2D eigenvalue weighted by atomic mass is 9.97. The summed E-state index contributed by atoms with van der Waals surface area (Å²) in [4.78, 5) is 22.8. The van der Waals surface area contributed by atoms with Crippen LogP contribution in [0, 0.1) is 13.8 Å². The van der Waals surface area contributed by atoms with E-state index in [2.05, 4.69) is 16.9 Å². The van der Waals surface area contributed by atoms with Crippen molar-refractivity contribution in [1.82, 2.24) is 14.9 Å². The minimum Gasteiger partial charge on any atom is -0.460 e. The van der Waals surface area contributed by atoms with Gasteiger partial charge in [0.1, 0.15) is 12.2 Å². The minimum absolute atomic E-state index is 0.0601. The SMILES string of the molecule is Cc1cc(C)nc(OC[C@]2(O)CCN(C(=O)C[C@H](C)c3ccccc3)C2)n1. The zero-order valence-corrected chi connectivity index (χ0v) is 16.2. The number of carbonyl (C=O) groups excluding carboxylic acids is 1. The number of carbonyl (C=O) groups is 1. The van der Waals surface area contributed by atoms with Gasteiger partial charge < -0.3 is 14.7 Å². The Kier molecular flexibility index (Phi) is 5.75. The second-order valence-corrected chi connectivity index (χ2v) is 7.53. The molecule has 0 saturated carbocycles. The Bertz CT molecular complexity index is 776. The first-order chi connectivity index (χ1) is 12.8. The molecule has 1 aromatic heterocycles. The van der Waals surface area contributed by atoms with Crippen LogP contribution < -0.4 is 4.74 Å². The molecule has 1 N–H and O–H groups in total. The lowest BCUT2D eigenvalue weighted by molar-refractivity contribution is -0.131. The molecule has 144 valence electrons. The molecule has 1 aromatic carbocycles. The molecule has 0 bridgehead atoms. The molecule has 0 unspecified atom stereocenters. The lowest BCUT2D eigenvalue weighted by Crippen LogP contribution is -2.41. The quantitative estimate of drug-likeness (QED) is 0.847. The van der Waals surface area contributed by atoms with Crippen molar-refractivity contribution >= 4 is 5.91 Å². The molecule has 1 fully saturated rings. The summed E-state index contributed by atoms with van der Waals surface area (Å²) in [5.41, 5.74) is 1.73. The molecule has 6 nitrogen and oxygen atoms in total. The standard InChI is InChI=1S/C21H27N3O3/c1-15(18-7-5-4-6-8-18)11-19(25)24-10-9-21(26,13-24)14-27-20-22-16(2)12-17(3)23-20/h4-8,12,15,26H,9-11,13-14H2,1-3H3/t15-,21-/m0/s1. The van der Waals surface area contributed by atoms with Crippen LogP contribution in [0.2, 0.25) is 0 Å². The first-order valence-corrected chi connectivity index (χ1v) is 9.35. The zero-order valence-electron chi connectivity index (χ0n) is 16.2. The number of hydrogen-bond donors (Lipinski definition) is 1. The van der Waals surface area contributed by atoms with E-state index in [0.717, 1.165) is 17.0 Å². The Morgan fingerprint density at radius 2 is 1.93 bits per heavy atom. The van der Waals surface area contributed by atoms with E-state index in [9.17, 15) is 9.90 Å². The van der Waals surface area contributed by atoms with Gasteiger partial charge >= 0.3 is 6.01 Å². The number of likely N-dealkylation sites (tertiary alicyclic amines) is 1. The highest BCUT2D eigenvalue weighted by atomic mass is 16.5. The van der Waals surface area contributed by atoms with E-state index in [0.29, 0.717) is 19.4 Å². The van der Waals surface area contributed by atoms with Gasteiger partial charge in [-0.25, -0.2) is 9.97 Å². The fourth-order valence-electron chi connectivity index (χ4n) is 3.43. The van der Waals surface area contributed by atoms with Crippen molar-refractivity contribution in [1.29, 1.82) is 0 Å². The molecular weight excluding hydrogens is 342 g/mol. The van der Waals surface area contributed by atoms with Gasteiger partial charge in [0.2, 0.25) is 5.91 Å². The average molecular weight is 369 g/mol. The summed E-state index contributed by atoms with van der Waals surface area (Å²) in [5.74, 6) is 0.206. The van der Waals surface area contributed by atoms with Crippen molar-refractivity contribution in [2.24, 2.45) is 0 Å². The molecule has 2 aromatic rings. The van der Waals surface area contributed by atoms with E-state index in [4.69, 9.17) is 4.74 Å². The van der Waals surface area contributed by atoms with Gasteiger partial charge in [-0.05, 0) is 37.8 Å². The Hall–Kier alpha value is -2.47. The van der Waals surface area contributed by atoms with Gasteiger partial charge in [0, 0.05) is 24.4 Å². The Morgan fingerprint density at radius 1 is 1.26 bits per heavy atom. The number of β-amino-alcohol motifs (C(OH)–C–C–N with tert-alkyl or cyclic N) is 1. The largest absolute Gasteiger partial charge is 0.460 e. The fraction of sp³-hybridized carbons (Fsp3) is 0.476. The highest BCUT2D eigenvalue weighted by Gasteiger charge is 2.39. The Labute approximate surface area is 160 Å². The van der Waals surface area contributed by atoms with E-state index in [1.54, 1.807) is 4.90 Å². The summed E-state index contributed by atoms with van der Waals surface area (Å²) >= 11 is 0. The summed E-state index contributed by atoms with van der Waals surface area (Å²) < 4.78 is 5.62. The van der Waals surface area contributed by atoms with Gasteiger partial charge in [-0.15, -0.1) is 0 Å². The third-order valence-corrected chi connectivity index (χ3v) is 4.97. The first-order valence-electron chi connectivity index (χ1n) is 9.35. The second kappa shape index (κ2) is 8.05. The van der Waals surface area contributed by atoms with E-state index in [1.807, 2.05) is 50.2 Å². The van der Waals surface area contributed by atoms with Gasteiger partial charge in [-0.3, -0.25) is 4.79 Å². The van der Waals surface area contributed by atoms with Gasteiger partial charge in [-0.1, -0.05) is 37.3 Å². The molecule has 27 heavy (non-hydrogen) atoms. The van der Waals surface area contributed by atoms with E-state index >= 15 is 0 Å². The summed E-state index contributed by atoms with van der Waals surface area (Å²) in [6, 6.07) is 12.1. The number of aromatic nitrogens is 2. The predicted molar refractivity (Wildman–Crippen MR) is 103 cm³/mol. The van der Waals surface area contributed by atoms with Gasteiger partial charge in [0.25, 0.3) is 0 Å². The van der Waals surface area contributed by atoms with Gasteiger partial charge in [0.15, 0.2) is 0 Å². The number of amides is 1. The number of nitrogens with zero attached hydrogens (tertiary/aromatic N) is 3. The normalized spacial score (nSPS) is 20.5. The monoisotopic (exact) mass is 369 g/mol. The van der Waals surface area contributed by atoms with Crippen molar-refractivity contribution in [2.75, 3.05) is 19.7 Å². The summed E-state index contributed by atoms with van der Waals surface area (Å²) in [7, 11) is 0. The lowest BCUT2D eigenvalue weighted by Gasteiger charge is -2.24. The van der Waals surface area contributed by atoms with E-state index in [1.165, 1.54) is 0 Å². The number of aliphatic hydroxyl groups is 1. The topological polar surface area (TPSA) is 75.6 Å². The number of hydrogen-bond acceptors (Lipinski definition) is 5. The Balaban J connectivity index is 1.54. The van der Waals surface area contributed by atoms with E-state index in [-0.39, 0.29) is 31.0 Å². The maximum absolute atomic E-state index is 12.6. The number of ether oxygens (including phenoxy) is 1. The number of rotatable bonds is 6. The van der Waals surface area contributed by atoms with Crippen molar-refractivity contribution in [2.45, 2.75) is 45.1 Å². The van der Waals surface area contributed by atoms with Crippen molar-refractivity contribution in [3.63, 3.8) is 0 Å². The molecular formula is C21H27N3O3. The van der Waals surface area contributed by atoms with Gasteiger partial charge in [-0.2, -0.15) is 0 Å². The summed E-state index contributed by atoms with van der Waals surface area (Å²) in [5, 5.41) is 10.8. The van der Waals surface area contributed by atoms with Crippen molar-refractivity contribution in [3.05, 3.63) is 53.3 Å². The van der Waals surface area contributed by atoms with Crippen LogP contribution in [0.3, 0.4) is 0 Å². The first kappa shape index (κ1) is 19.3. The van der Waals surface area contributed by atoms with Crippen LogP contribution in [-0.4, -0.2) is 51.2 Å². The van der Waals surface area contributed by atoms with Crippen LogP contribution in [0.4, 0.5) is 0 Å². The minimum atomic E-state index is -1.06. The van der Waals surface area contributed by atoms with Gasteiger partial charge in [0.05, 0.1) is 6.54 Å². The predicted octanol–water partition coefficient (Wildman–Crippen LogP) is 2.63. The van der Waals surface area contributed by atoms with Crippen LogP contribution in [0.5, 0.6) is 6.01 Å². The van der Waals surface area contributed by atoms with Crippen LogP contribution in [0.1, 0.15) is 42.6 Å². The fourth-order valence-corrected chi connectivity index (χ4v) is 3.43. The molecule has 0 spiro atoms. The molecule has 1 aliphatic rings. The molecule has 1 aliphatic heterocycles. The number of benzene rings is 1. The molecule has 2 heterocycles. The molecule has 0 radical (unpaired) electrons. The molecule has 6 heteroatoms. The maximum Gasteiger partial charge on any atom is 0.316 e. The van der Waals surface area contributed by atoms with Crippen LogP contribution >= 0.6 is 0 Å². The van der Waals surface area contributed by atoms with Crippen LogP contribution in [0.15, 0.2) is 36.4 Å². The number of aryl methyl sites for hydroxylation is 2. The van der Waals surface area contributed by atoms with Crippen molar-refractivity contribution in [3.8, 4) is 6.01 Å². The highest BCUT2D eigenvalue weighted by Crippen LogP contribution is 2.26. The molecule has 3 rings (SSSR count). The third-order valence-electron chi connectivity index (χ3n) is 4.97. The average Bonchev–Trinajstić information content (AvgIpc) is 3.03. The van der Waals surface area contributed by atoms with Crippen molar-refractivity contribution < 1.29 is 14.6 Å².